The smallest absolute Gasteiger partial charge is 0.310 e. The van der Waals surface area contributed by atoms with E-state index in [1.54, 1.807) is 0 Å². The van der Waals surface area contributed by atoms with E-state index in [1.807, 2.05) is 58.9 Å². The quantitative estimate of drug-likeness (QED) is 0.259. The Hall–Kier alpha value is -1.87. The Labute approximate surface area is 174 Å². The molecule has 0 saturated carbocycles. The molecule has 1 rings (SSSR count). The molecule has 28 heavy (non-hydrogen) atoms. The highest BCUT2D eigenvalue weighted by atomic mass is 16.6. The topological polar surface area (TPSA) is 29.5 Å². The number of ether oxygens (including phenoxy) is 1. The predicted octanol–water partition coefficient (Wildman–Crippen LogP) is 6.53. The standard InChI is InChI=1S/C22H33NO2.C2H6.CH4/c1-7-9-10-14-23(8-2)17-18(3)20-13-11-12-19(15-20)16-21(24)25-22(4,5)6;1-2;/h7,11-13,15H,1,3,8-10,14,16-17H2,2,4-6H3;1-2H3;1H4. The maximum absolute atomic E-state index is 12.0. The number of rotatable bonds is 10. The third-order valence-corrected chi connectivity index (χ3v) is 3.85. The molecule has 0 aliphatic heterocycles. The van der Waals surface area contributed by atoms with Crippen molar-refractivity contribution in [2.24, 2.45) is 0 Å². The van der Waals surface area contributed by atoms with E-state index >= 15 is 0 Å². The second kappa shape index (κ2) is 15.1. The van der Waals surface area contributed by atoms with E-state index in [1.165, 1.54) is 0 Å². The summed E-state index contributed by atoms with van der Waals surface area (Å²) in [6.07, 6.45) is 4.40. The zero-order valence-electron chi connectivity index (χ0n) is 18.3. The summed E-state index contributed by atoms with van der Waals surface area (Å²) < 4.78 is 5.40. The van der Waals surface area contributed by atoms with Crippen LogP contribution < -0.4 is 0 Å². The number of hydrogen-bond acceptors (Lipinski definition) is 3. The molecule has 3 nitrogen and oxygen atoms in total. The van der Waals surface area contributed by atoms with Gasteiger partial charge in [-0.05, 0) is 63.4 Å². The van der Waals surface area contributed by atoms with Crippen molar-refractivity contribution in [3.8, 4) is 0 Å². The second-order valence-corrected chi connectivity index (χ2v) is 7.37. The number of nitrogens with zero attached hydrogens (tertiary/aromatic N) is 1. The van der Waals surface area contributed by atoms with Gasteiger partial charge in [-0.1, -0.05) is 65.1 Å². The average Bonchev–Trinajstić information content (AvgIpc) is 2.61. The molecule has 0 radical (unpaired) electrons. The predicted molar refractivity (Wildman–Crippen MR) is 125 cm³/mol. The summed E-state index contributed by atoms with van der Waals surface area (Å²) in [4.78, 5) is 14.4. The number of likely N-dealkylation sites (N-methyl/N-ethyl adjacent to an activating group) is 1. The fourth-order valence-electron chi connectivity index (χ4n) is 2.61. The van der Waals surface area contributed by atoms with Gasteiger partial charge >= 0.3 is 5.97 Å². The monoisotopic (exact) mass is 389 g/mol. The highest BCUT2D eigenvalue weighted by molar-refractivity contribution is 5.74. The van der Waals surface area contributed by atoms with Gasteiger partial charge in [-0.25, -0.2) is 0 Å². The van der Waals surface area contributed by atoms with E-state index in [0.29, 0.717) is 0 Å². The molecule has 0 bridgehead atoms. The zero-order chi connectivity index (χ0) is 20.9. The van der Waals surface area contributed by atoms with Gasteiger partial charge in [0.25, 0.3) is 0 Å². The summed E-state index contributed by atoms with van der Waals surface area (Å²) in [5.41, 5.74) is 2.67. The molecule has 0 heterocycles. The van der Waals surface area contributed by atoms with Crippen molar-refractivity contribution in [1.29, 1.82) is 0 Å². The molecule has 0 saturated heterocycles. The molecule has 0 aliphatic carbocycles. The highest BCUT2D eigenvalue weighted by Crippen LogP contribution is 2.17. The molecular formula is C25H43NO2. The molecular weight excluding hydrogens is 346 g/mol. The SMILES string of the molecule is C.C=CCCCN(CC)CC(=C)c1cccc(CC(=O)OC(C)(C)C)c1.CC. The number of benzene rings is 1. The minimum atomic E-state index is -0.453. The van der Waals surface area contributed by atoms with Crippen molar-refractivity contribution in [1.82, 2.24) is 4.90 Å². The third-order valence-electron chi connectivity index (χ3n) is 3.85. The lowest BCUT2D eigenvalue weighted by Gasteiger charge is -2.22. The largest absolute Gasteiger partial charge is 0.460 e. The Morgan fingerprint density at radius 1 is 1.25 bits per heavy atom. The summed E-state index contributed by atoms with van der Waals surface area (Å²) in [6, 6.07) is 8.04. The number of esters is 1. The van der Waals surface area contributed by atoms with Crippen LogP contribution in [0, 0.1) is 0 Å². The van der Waals surface area contributed by atoms with Crippen LogP contribution in [0.3, 0.4) is 0 Å². The van der Waals surface area contributed by atoms with Crippen LogP contribution in [0.15, 0.2) is 43.5 Å². The first-order valence-electron chi connectivity index (χ1n) is 10.1. The van der Waals surface area contributed by atoms with Crippen molar-refractivity contribution in [2.45, 2.75) is 73.8 Å². The van der Waals surface area contributed by atoms with Crippen LogP contribution in [0.25, 0.3) is 5.57 Å². The number of allylic oxidation sites excluding steroid dienone is 1. The van der Waals surface area contributed by atoms with Crippen molar-refractivity contribution >= 4 is 11.5 Å². The van der Waals surface area contributed by atoms with Gasteiger partial charge < -0.3 is 4.74 Å². The fraction of sp³-hybridized carbons (Fsp3) is 0.560. The molecule has 0 atom stereocenters. The molecule has 1 aromatic rings. The van der Waals surface area contributed by atoms with Crippen molar-refractivity contribution in [3.63, 3.8) is 0 Å². The molecule has 0 aliphatic rings. The normalized spacial score (nSPS) is 10.4. The zero-order valence-corrected chi connectivity index (χ0v) is 18.3. The molecule has 0 unspecified atom stereocenters. The van der Waals surface area contributed by atoms with Crippen molar-refractivity contribution in [3.05, 3.63) is 54.6 Å². The van der Waals surface area contributed by atoms with E-state index in [2.05, 4.69) is 31.0 Å². The first-order valence-corrected chi connectivity index (χ1v) is 10.1. The van der Waals surface area contributed by atoms with Gasteiger partial charge in [0, 0.05) is 6.54 Å². The van der Waals surface area contributed by atoms with Gasteiger partial charge in [-0.15, -0.1) is 6.58 Å². The lowest BCUT2D eigenvalue weighted by Crippen LogP contribution is -2.26. The molecule has 3 heteroatoms. The van der Waals surface area contributed by atoms with Gasteiger partial charge in [-0.3, -0.25) is 9.69 Å². The molecule has 0 N–H and O–H groups in total. The lowest BCUT2D eigenvalue weighted by molar-refractivity contribution is -0.153. The molecule has 1 aromatic carbocycles. The van der Waals surface area contributed by atoms with Crippen LogP contribution in [0.4, 0.5) is 0 Å². The van der Waals surface area contributed by atoms with Gasteiger partial charge in [0.05, 0.1) is 6.42 Å². The first-order chi connectivity index (χ1) is 12.7. The van der Waals surface area contributed by atoms with Crippen LogP contribution in [0.2, 0.25) is 0 Å². The van der Waals surface area contributed by atoms with Crippen LogP contribution in [-0.2, 0) is 16.0 Å². The molecule has 0 amide bonds. The fourth-order valence-corrected chi connectivity index (χ4v) is 2.61. The summed E-state index contributed by atoms with van der Waals surface area (Å²) in [6.45, 7) is 22.7. The van der Waals surface area contributed by atoms with Crippen LogP contribution in [0.1, 0.15) is 72.9 Å². The van der Waals surface area contributed by atoms with Gasteiger partial charge in [0.1, 0.15) is 5.60 Å². The third kappa shape index (κ3) is 12.5. The maximum Gasteiger partial charge on any atom is 0.310 e. The van der Waals surface area contributed by atoms with Crippen molar-refractivity contribution < 1.29 is 9.53 Å². The van der Waals surface area contributed by atoms with E-state index in [4.69, 9.17) is 4.74 Å². The Bertz CT molecular complexity index is 584. The highest BCUT2D eigenvalue weighted by Gasteiger charge is 2.16. The molecule has 160 valence electrons. The summed E-state index contributed by atoms with van der Waals surface area (Å²) in [5, 5.41) is 0. The van der Waals surface area contributed by atoms with Gasteiger partial charge in [0.15, 0.2) is 0 Å². The number of carbonyl (C=O) groups is 1. The maximum atomic E-state index is 12.0. The summed E-state index contributed by atoms with van der Waals surface area (Å²) >= 11 is 0. The number of hydrogen-bond donors (Lipinski definition) is 0. The van der Waals surface area contributed by atoms with Crippen LogP contribution in [-0.4, -0.2) is 36.1 Å². The second-order valence-electron chi connectivity index (χ2n) is 7.37. The van der Waals surface area contributed by atoms with Crippen LogP contribution in [0.5, 0.6) is 0 Å². The van der Waals surface area contributed by atoms with Gasteiger partial charge in [0.2, 0.25) is 0 Å². The minimum Gasteiger partial charge on any atom is -0.460 e. The van der Waals surface area contributed by atoms with E-state index < -0.39 is 5.60 Å². The Kier molecular flexibility index (Phi) is 15.3. The minimum absolute atomic E-state index is 0. The Morgan fingerprint density at radius 2 is 1.89 bits per heavy atom. The summed E-state index contributed by atoms with van der Waals surface area (Å²) in [5.74, 6) is -0.199. The van der Waals surface area contributed by atoms with Gasteiger partial charge in [-0.2, -0.15) is 0 Å². The molecule has 0 spiro atoms. The summed E-state index contributed by atoms with van der Waals surface area (Å²) in [7, 11) is 0. The van der Waals surface area contributed by atoms with Crippen LogP contribution >= 0.6 is 0 Å². The van der Waals surface area contributed by atoms with E-state index in [0.717, 1.165) is 49.2 Å². The van der Waals surface area contributed by atoms with E-state index in [-0.39, 0.29) is 19.8 Å². The first kappa shape index (κ1) is 28.3. The molecule has 0 fully saturated rings. The Balaban J connectivity index is 0. The number of carbonyl (C=O) groups excluding carboxylic acids is 1. The van der Waals surface area contributed by atoms with E-state index in [9.17, 15) is 4.79 Å². The Morgan fingerprint density at radius 3 is 2.43 bits per heavy atom. The van der Waals surface area contributed by atoms with Crippen molar-refractivity contribution in [2.75, 3.05) is 19.6 Å². The average molecular weight is 390 g/mol. The lowest BCUT2D eigenvalue weighted by atomic mass is 10.0. The molecule has 0 aromatic heterocycles. The number of unbranched alkanes of at least 4 members (excludes halogenated alkanes) is 1.